The van der Waals surface area contributed by atoms with Crippen molar-refractivity contribution in [2.75, 3.05) is 5.32 Å². The molecule has 0 radical (unpaired) electrons. The Morgan fingerprint density at radius 2 is 2.00 bits per heavy atom. The lowest BCUT2D eigenvalue weighted by molar-refractivity contribution is 0.0690. The first kappa shape index (κ1) is 12.6. The van der Waals surface area contributed by atoms with E-state index in [0.717, 1.165) is 12.3 Å². The van der Waals surface area contributed by atoms with E-state index in [9.17, 15) is 14.0 Å². The average Bonchev–Trinajstić information content (AvgIpc) is 2.39. The average molecular weight is 261 g/mol. The molecule has 0 aliphatic rings. The number of anilines is 1. The van der Waals surface area contributed by atoms with Crippen molar-refractivity contribution in [1.29, 1.82) is 0 Å². The second-order valence-corrected chi connectivity index (χ2v) is 3.54. The molecule has 19 heavy (non-hydrogen) atoms. The first-order valence-electron chi connectivity index (χ1n) is 5.19. The van der Waals surface area contributed by atoms with E-state index in [4.69, 9.17) is 5.11 Å². The lowest BCUT2D eigenvalue weighted by atomic mass is 10.2. The highest BCUT2D eigenvalue weighted by atomic mass is 19.1. The Kier molecular flexibility index (Phi) is 3.46. The van der Waals surface area contributed by atoms with Crippen LogP contribution in [0.4, 0.5) is 10.2 Å². The van der Waals surface area contributed by atoms with E-state index >= 15 is 0 Å². The third-order valence-electron chi connectivity index (χ3n) is 2.20. The number of carboxylic acid groups (broad SMARTS) is 1. The van der Waals surface area contributed by atoms with Crippen molar-refractivity contribution < 1.29 is 19.1 Å². The fourth-order valence-electron chi connectivity index (χ4n) is 1.32. The van der Waals surface area contributed by atoms with Crippen molar-refractivity contribution in [2.45, 2.75) is 0 Å². The van der Waals surface area contributed by atoms with Crippen LogP contribution in [0.1, 0.15) is 20.8 Å². The van der Waals surface area contributed by atoms with Crippen LogP contribution >= 0.6 is 0 Å². The number of nitrogens with one attached hydrogen (secondary N) is 1. The number of pyridine rings is 2. The van der Waals surface area contributed by atoms with Crippen LogP contribution in [0.15, 0.2) is 36.5 Å². The molecule has 0 spiro atoms. The highest BCUT2D eigenvalue weighted by Crippen LogP contribution is 2.08. The molecular weight excluding hydrogens is 253 g/mol. The van der Waals surface area contributed by atoms with Gasteiger partial charge in [0.25, 0.3) is 5.91 Å². The van der Waals surface area contributed by atoms with E-state index in [2.05, 4.69) is 15.3 Å². The molecule has 0 bridgehead atoms. The number of aromatic carboxylic acids is 1. The summed E-state index contributed by atoms with van der Waals surface area (Å²) in [5, 5.41) is 11.2. The van der Waals surface area contributed by atoms with Gasteiger partial charge in [-0.3, -0.25) is 4.79 Å². The van der Waals surface area contributed by atoms with Gasteiger partial charge in [0, 0.05) is 6.20 Å². The van der Waals surface area contributed by atoms with E-state index in [1.807, 2.05) is 0 Å². The maximum Gasteiger partial charge on any atom is 0.354 e. The van der Waals surface area contributed by atoms with Gasteiger partial charge in [-0.1, -0.05) is 6.07 Å². The van der Waals surface area contributed by atoms with Crippen LogP contribution in [0.5, 0.6) is 0 Å². The smallest absolute Gasteiger partial charge is 0.354 e. The maximum absolute atomic E-state index is 12.6. The van der Waals surface area contributed by atoms with E-state index in [-0.39, 0.29) is 17.1 Å². The lowest BCUT2D eigenvalue weighted by Crippen LogP contribution is -2.14. The van der Waals surface area contributed by atoms with Crippen LogP contribution in [0.2, 0.25) is 0 Å². The predicted molar refractivity (Wildman–Crippen MR) is 63.3 cm³/mol. The third kappa shape index (κ3) is 3.09. The van der Waals surface area contributed by atoms with Gasteiger partial charge < -0.3 is 10.4 Å². The molecule has 96 valence electrons. The van der Waals surface area contributed by atoms with Gasteiger partial charge in [0.1, 0.15) is 5.82 Å². The molecule has 0 aliphatic carbocycles. The van der Waals surface area contributed by atoms with Crippen molar-refractivity contribution in [3.8, 4) is 0 Å². The van der Waals surface area contributed by atoms with Crippen LogP contribution in [-0.2, 0) is 0 Å². The predicted octanol–water partition coefficient (Wildman–Crippen LogP) is 1.57. The minimum absolute atomic E-state index is 0.0919. The second-order valence-electron chi connectivity index (χ2n) is 3.54. The van der Waals surface area contributed by atoms with Gasteiger partial charge in [0.05, 0.1) is 5.56 Å². The molecule has 0 atom stereocenters. The molecule has 0 fully saturated rings. The van der Waals surface area contributed by atoms with Crippen LogP contribution in [0.25, 0.3) is 0 Å². The minimum atomic E-state index is -1.19. The molecule has 2 N–H and O–H groups in total. The molecule has 0 aromatic carbocycles. The Balaban J connectivity index is 2.17. The van der Waals surface area contributed by atoms with Crippen molar-refractivity contribution in [1.82, 2.24) is 9.97 Å². The third-order valence-corrected chi connectivity index (χ3v) is 2.20. The van der Waals surface area contributed by atoms with Crippen LogP contribution in [0.3, 0.4) is 0 Å². The standard InChI is InChI=1S/C12H8FN3O3/c13-9-5-4-7(6-14-9)11(17)16-10-3-1-2-8(15-10)12(18)19/h1-6H,(H,18,19)(H,15,16,17). The molecule has 2 rings (SSSR count). The van der Waals surface area contributed by atoms with Gasteiger partial charge in [0.2, 0.25) is 5.95 Å². The van der Waals surface area contributed by atoms with Crippen LogP contribution in [-0.4, -0.2) is 27.0 Å². The molecule has 6 nitrogen and oxygen atoms in total. The van der Waals surface area contributed by atoms with Crippen molar-refractivity contribution in [3.63, 3.8) is 0 Å². The Morgan fingerprint density at radius 3 is 2.63 bits per heavy atom. The fourth-order valence-corrected chi connectivity index (χ4v) is 1.32. The Bertz CT molecular complexity index is 628. The molecule has 2 aromatic rings. The van der Waals surface area contributed by atoms with Gasteiger partial charge in [-0.2, -0.15) is 4.39 Å². The summed E-state index contributed by atoms with van der Waals surface area (Å²) in [4.78, 5) is 29.5. The van der Waals surface area contributed by atoms with E-state index in [0.29, 0.717) is 0 Å². The quantitative estimate of drug-likeness (QED) is 0.818. The summed E-state index contributed by atoms with van der Waals surface area (Å²) < 4.78 is 12.6. The Hall–Kier alpha value is -2.83. The van der Waals surface area contributed by atoms with Crippen LogP contribution < -0.4 is 5.32 Å². The zero-order chi connectivity index (χ0) is 13.8. The number of hydrogen-bond donors (Lipinski definition) is 2. The van der Waals surface area contributed by atoms with Crippen molar-refractivity contribution >= 4 is 17.7 Å². The number of rotatable bonds is 3. The van der Waals surface area contributed by atoms with Crippen molar-refractivity contribution in [2.24, 2.45) is 0 Å². The summed E-state index contributed by atoms with van der Waals surface area (Å²) >= 11 is 0. The number of aromatic nitrogens is 2. The molecule has 2 aromatic heterocycles. The lowest BCUT2D eigenvalue weighted by Gasteiger charge is -2.04. The summed E-state index contributed by atoms with van der Waals surface area (Å²) in [6.07, 6.45) is 1.08. The first-order chi connectivity index (χ1) is 9.06. The summed E-state index contributed by atoms with van der Waals surface area (Å²) in [7, 11) is 0. The van der Waals surface area contributed by atoms with Gasteiger partial charge in [-0.25, -0.2) is 14.8 Å². The number of carbonyl (C=O) groups excluding carboxylic acids is 1. The number of carboxylic acids is 1. The van der Waals surface area contributed by atoms with Crippen LogP contribution in [0, 0.1) is 5.95 Å². The number of halogens is 1. The van der Waals surface area contributed by atoms with Gasteiger partial charge >= 0.3 is 5.97 Å². The zero-order valence-electron chi connectivity index (χ0n) is 9.50. The number of amides is 1. The second kappa shape index (κ2) is 5.21. The normalized spacial score (nSPS) is 9.95. The minimum Gasteiger partial charge on any atom is -0.477 e. The molecular formula is C12H8FN3O3. The van der Waals surface area contributed by atoms with E-state index < -0.39 is 17.8 Å². The first-order valence-corrected chi connectivity index (χ1v) is 5.19. The summed E-state index contributed by atoms with van der Waals surface area (Å²) in [6, 6.07) is 6.52. The summed E-state index contributed by atoms with van der Waals surface area (Å²) in [6.45, 7) is 0. The molecule has 7 heteroatoms. The van der Waals surface area contributed by atoms with Gasteiger partial charge in [0.15, 0.2) is 5.69 Å². The number of nitrogens with zero attached hydrogens (tertiary/aromatic N) is 2. The summed E-state index contributed by atoms with van der Waals surface area (Å²) in [5.74, 6) is -2.35. The van der Waals surface area contributed by atoms with E-state index in [1.165, 1.54) is 24.3 Å². The number of carbonyl (C=O) groups is 2. The highest BCUT2D eigenvalue weighted by molar-refractivity contribution is 6.03. The topological polar surface area (TPSA) is 92.2 Å². The molecule has 0 unspecified atom stereocenters. The SMILES string of the molecule is O=C(Nc1cccc(C(=O)O)n1)c1ccc(F)nc1. The molecule has 0 aliphatic heterocycles. The zero-order valence-corrected chi connectivity index (χ0v) is 9.50. The Labute approximate surface area is 106 Å². The van der Waals surface area contributed by atoms with Gasteiger partial charge in [-0.15, -0.1) is 0 Å². The summed E-state index contributed by atoms with van der Waals surface area (Å²) in [5.41, 5.74) is -0.0426. The molecule has 0 saturated heterocycles. The maximum atomic E-state index is 12.6. The molecule has 1 amide bonds. The van der Waals surface area contributed by atoms with Gasteiger partial charge in [-0.05, 0) is 24.3 Å². The largest absolute Gasteiger partial charge is 0.477 e. The molecule has 2 heterocycles. The molecule has 0 saturated carbocycles. The fraction of sp³-hybridized carbons (Fsp3) is 0. The van der Waals surface area contributed by atoms with Crippen molar-refractivity contribution in [3.05, 3.63) is 53.7 Å². The Morgan fingerprint density at radius 1 is 1.21 bits per heavy atom. The highest BCUT2D eigenvalue weighted by Gasteiger charge is 2.10. The monoisotopic (exact) mass is 261 g/mol. The number of hydrogen-bond acceptors (Lipinski definition) is 4. The van der Waals surface area contributed by atoms with E-state index in [1.54, 1.807) is 0 Å².